The van der Waals surface area contributed by atoms with Gasteiger partial charge in [-0.3, -0.25) is 4.79 Å². The van der Waals surface area contributed by atoms with Gasteiger partial charge in [0.05, 0.1) is 5.75 Å². The Morgan fingerprint density at radius 2 is 2.00 bits per heavy atom. The van der Waals surface area contributed by atoms with Crippen molar-refractivity contribution in [3.8, 4) is 0 Å². The molecule has 1 aliphatic heterocycles. The Kier molecular flexibility index (Phi) is 5.25. The number of carbonyl (C=O) groups is 1. The zero-order valence-corrected chi connectivity index (χ0v) is 16.7. The van der Waals surface area contributed by atoms with Crippen molar-refractivity contribution in [2.75, 3.05) is 6.54 Å². The molecule has 150 valence electrons. The highest BCUT2D eigenvalue weighted by molar-refractivity contribution is 7.88. The summed E-state index contributed by atoms with van der Waals surface area (Å²) in [5.74, 6) is 0.930. The third-order valence-corrected chi connectivity index (χ3v) is 7.40. The molecule has 8 heteroatoms. The van der Waals surface area contributed by atoms with E-state index in [0.717, 1.165) is 24.2 Å². The van der Waals surface area contributed by atoms with E-state index in [1.807, 2.05) is 37.3 Å². The molecule has 2 aliphatic rings. The smallest absolute Gasteiger partial charge is 0.273 e. The lowest BCUT2D eigenvalue weighted by atomic mass is 10.0. The summed E-state index contributed by atoms with van der Waals surface area (Å²) in [6, 6.07) is 10.7. The molecular weight excluding hydrogens is 378 g/mol. The topological polar surface area (TPSA) is 92.5 Å². The molecule has 4 rings (SSSR count). The van der Waals surface area contributed by atoms with Crippen LogP contribution < -0.4 is 5.32 Å². The predicted octanol–water partition coefficient (Wildman–Crippen LogP) is 2.66. The minimum Gasteiger partial charge on any atom is -0.360 e. The second-order valence-corrected chi connectivity index (χ2v) is 9.71. The highest BCUT2D eigenvalue weighted by Gasteiger charge is 2.35. The lowest BCUT2D eigenvalue weighted by Gasteiger charge is -2.36. The van der Waals surface area contributed by atoms with Gasteiger partial charge in [-0.25, -0.2) is 8.42 Å². The summed E-state index contributed by atoms with van der Waals surface area (Å²) in [5.41, 5.74) is 1.08. The van der Waals surface area contributed by atoms with E-state index in [-0.39, 0.29) is 23.7 Å². The lowest BCUT2D eigenvalue weighted by molar-refractivity contribution is 0.0905. The van der Waals surface area contributed by atoms with Gasteiger partial charge in [0.15, 0.2) is 5.69 Å². The van der Waals surface area contributed by atoms with Crippen LogP contribution in [0.15, 0.2) is 40.9 Å². The van der Waals surface area contributed by atoms with Gasteiger partial charge in [-0.2, -0.15) is 4.31 Å². The minimum absolute atomic E-state index is 0.00190. The molecule has 1 N–H and O–H groups in total. The normalized spacial score (nSPS) is 23.5. The van der Waals surface area contributed by atoms with E-state index >= 15 is 0 Å². The molecule has 2 aromatic rings. The van der Waals surface area contributed by atoms with Gasteiger partial charge >= 0.3 is 0 Å². The first kappa shape index (κ1) is 19.1. The van der Waals surface area contributed by atoms with Crippen LogP contribution in [-0.2, 0) is 15.8 Å². The average molecular weight is 404 g/mol. The van der Waals surface area contributed by atoms with Crippen LogP contribution in [0.4, 0.5) is 0 Å². The largest absolute Gasteiger partial charge is 0.360 e. The van der Waals surface area contributed by atoms with E-state index in [4.69, 9.17) is 4.52 Å². The Morgan fingerprint density at radius 1 is 1.25 bits per heavy atom. The van der Waals surface area contributed by atoms with E-state index in [9.17, 15) is 13.2 Å². The molecule has 0 spiro atoms. The number of piperidine rings is 1. The average Bonchev–Trinajstić information content (AvgIpc) is 3.38. The molecule has 0 unspecified atom stereocenters. The maximum atomic E-state index is 12.8. The number of hydrogen-bond acceptors (Lipinski definition) is 5. The molecule has 1 amide bonds. The number of rotatable bonds is 6. The van der Waals surface area contributed by atoms with Crippen molar-refractivity contribution in [1.82, 2.24) is 14.8 Å². The van der Waals surface area contributed by atoms with Gasteiger partial charge in [-0.15, -0.1) is 0 Å². The maximum absolute atomic E-state index is 12.8. The molecular formula is C20H25N3O4S. The summed E-state index contributed by atoms with van der Waals surface area (Å²) in [7, 11) is -3.40. The van der Waals surface area contributed by atoms with E-state index in [2.05, 4.69) is 10.5 Å². The molecule has 1 aromatic carbocycles. The molecule has 1 saturated heterocycles. The molecule has 2 heterocycles. The SMILES string of the molecule is C[C@H]1C[C@@H](NC(=O)c2cc(C3CC3)on2)CCN1S(=O)(=O)Cc1ccccc1. The summed E-state index contributed by atoms with van der Waals surface area (Å²) in [6.07, 6.45) is 3.33. The first-order chi connectivity index (χ1) is 13.4. The summed E-state index contributed by atoms with van der Waals surface area (Å²) in [4.78, 5) is 12.4. The lowest BCUT2D eigenvalue weighted by Crippen LogP contribution is -2.51. The van der Waals surface area contributed by atoms with E-state index in [1.54, 1.807) is 10.4 Å². The zero-order chi connectivity index (χ0) is 19.7. The quantitative estimate of drug-likeness (QED) is 0.800. The molecule has 7 nitrogen and oxygen atoms in total. The van der Waals surface area contributed by atoms with Crippen molar-refractivity contribution in [2.45, 2.75) is 56.4 Å². The van der Waals surface area contributed by atoms with Crippen molar-refractivity contribution in [3.63, 3.8) is 0 Å². The zero-order valence-electron chi connectivity index (χ0n) is 15.9. The van der Waals surface area contributed by atoms with Crippen LogP contribution in [-0.4, -0.2) is 42.4 Å². The van der Waals surface area contributed by atoms with Crippen molar-refractivity contribution >= 4 is 15.9 Å². The Hall–Kier alpha value is -2.19. The van der Waals surface area contributed by atoms with Crippen LogP contribution in [0.2, 0.25) is 0 Å². The van der Waals surface area contributed by atoms with Crippen LogP contribution in [0.1, 0.15) is 60.3 Å². The van der Waals surface area contributed by atoms with Crippen molar-refractivity contribution < 1.29 is 17.7 Å². The highest BCUT2D eigenvalue weighted by Crippen LogP contribution is 2.40. The van der Waals surface area contributed by atoms with Gasteiger partial charge in [0.1, 0.15) is 5.76 Å². The molecule has 0 radical (unpaired) electrons. The van der Waals surface area contributed by atoms with Gasteiger partial charge in [0, 0.05) is 30.6 Å². The number of hydrogen-bond donors (Lipinski definition) is 1. The number of nitrogens with one attached hydrogen (secondary N) is 1. The van der Waals surface area contributed by atoms with Crippen LogP contribution in [0, 0.1) is 0 Å². The van der Waals surface area contributed by atoms with Gasteiger partial charge in [0.25, 0.3) is 5.91 Å². The molecule has 0 bridgehead atoms. The van der Waals surface area contributed by atoms with E-state index < -0.39 is 10.0 Å². The van der Waals surface area contributed by atoms with Gasteiger partial charge in [0.2, 0.25) is 10.0 Å². The molecule has 1 aromatic heterocycles. The van der Waals surface area contributed by atoms with Gasteiger partial charge in [-0.05, 0) is 38.2 Å². The number of amides is 1. The van der Waals surface area contributed by atoms with Crippen molar-refractivity contribution in [3.05, 3.63) is 53.4 Å². The number of aromatic nitrogens is 1. The Labute approximate surface area is 165 Å². The molecule has 1 saturated carbocycles. The first-order valence-electron chi connectivity index (χ1n) is 9.73. The number of nitrogens with zero attached hydrogens (tertiary/aromatic N) is 2. The van der Waals surface area contributed by atoms with Crippen LogP contribution in [0.25, 0.3) is 0 Å². The fourth-order valence-corrected chi connectivity index (χ4v) is 5.58. The first-order valence-corrected chi connectivity index (χ1v) is 11.3. The second kappa shape index (κ2) is 7.67. The standard InChI is InChI=1S/C20H25N3O4S/c1-14-11-17(21-20(24)18-12-19(27-22-18)16-7-8-16)9-10-23(14)28(25,26)13-15-5-3-2-4-6-15/h2-6,12,14,16-17H,7-11,13H2,1H3,(H,21,24)/t14-,17-/m0/s1. The van der Waals surface area contributed by atoms with Crippen LogP contribution in [0.5, 0.6) is 0 Å². The number of sulfonamides is 1. The predicted molar refractivity (Wildman–Crippen MR) is 104 cm³/mol. The summed E-state index contributed by atoms with van der Waals surface area (Å²) >= 11 is 0. The summed E-state index contributed by atoms with van der Waals surface area (Å²) in [6.45, 7) is 2.29. The Bertz CT molecular complexity index is 937. The van der Waals surface area contributed by atoms with Gasteiger partial charge < -0.3 is 9.84 Å². The maximum Gasteiger partial charge on any atom is 0.273 e. The monoisotopic (exact) mass is 403 g/mol. The molecule has 1 aliphatic carbocycles. The van der Waals surface area contributed by atoms with E-state index in [0.29, 0.717) is 31.0 Å². The summed E-state index contributed by atoms with van der Waals surface area (Å²) < 4.78 is 32.4. The molecule has 28 heavy (non-hydrogen) atoms. The Balaban J connectivity index is 1.34. The Morgan fingerprint density at radius 3 is 2.68 bits per heavy atom. The molecule has 2 atom stereocenters. The van der Waals surface area contributed by atoms with Crippen LogP contribution >= 0.6 is 0 Å². The fourth-order valence-electron chi connectivity index (χ4n) is 3.78. The number of benzene rings is 1. The fraction of sp³-hybridized carbons (Fsp3) is 0.500. The van der Waals surface area contributed by atoms with Crippen molar-refractivity contribution in [2.24, 2.45) is 0 Å². The third-order valence-electron chi connectivity index (χ3n) is 5.44. The minimum atomic E-state index is -3.40. The van der Waals surface area contributed by atoms with Crippen molar-refractivity contribution in [1.29, 1.82) is 0 Å². The van der Waals surface area contributed by atoms with Gasteiger partial charge in [-0.1, -0.05) is 35.5 Å². The third kappa shape index (κ3) is 4.28. The van der Waals surface area contributed by atoms with E-state index in [1.165, 1.54) is 0 Å². The summed E-state index contributed by atoms with van der Waals surface area (Å²) in [5, 5.41) is 6.85. The van der Waals surface area contributed by atoms with Crippen LogP contribution in [0.3, 0.4) is 0 Å². The second-order valence-electron chi connectivity index (χ2n) is 7.79. The highest BCUT2D eigenvalue weighted by atomic mass is 32.2. The number of carbonyl (C=O) groups excluding carboxylic acids is 1. The molecule has 2 fully saturated rings.